The number of carbonyl (C=O) groups excluding carboxylic acids is 2. The van der Waals surface area contributed by atoms with Crippen molar-refractivity contribution in [2.75, 3.05) is 11.1 Å². The zero-order valence-corrected chi connectivity index (χ0v) is 14.3. The van der Waals surface area contributed by atoms with Crippen LogP contribution in [0.2, 0.25) is 0 Å². The van der Waals surface area contributed by atoms with Gasteiger partial charge in [0.15, 0.2) is 9.94 Å². The van der Waals surface area contributed by atoms with Gasteiger partial charge in [0.2, 0.25) is 5.13 Å². The van der Waals surface area contributed by atoms with Gasteiger partial charge in [-0.15, -0.1) is 10.2 Å². The summed E-state index contributed by atoms with van der Waals surface area (Å²) in [6, 6.07) is 7.15. The minimum absolute atomic E-state index is 0.329. The standard InChI is InChI=1S/C15H15N3O3S2/c1-3-22-14-18-17-13(23-14)16-12(20)15(2)8-9-6-4-5-7-10(9)11(19)21-15/h4-7H,3,8H2,1-2H3,(H,16,17,20)/t15-/m0/s1. The highest BCUT2D eigenvalue weighted by Gasteiger charge is 2.42. The van der Waals surface area contributed by atoms with Crippen molar-refractivity contribution in [1.29, 1.82) is 0 Å². The van der Waals surface area contributed by atoms with Crippen LogP contribution in [-0.2, 0) is 16.0 Å². The lowest BCUT2D eigenvalue weighted by Gasteiger charge is -2.32. The Balaban J connectivity index is 1.77. The summed E-state index contributed by atoms with van der Waals surface area (Å²) in [5, 5.41) is 11.0. The van der Waals surface area contributed by atoms with Crippen LogP contribution in [0.25, 0.3) is 0 Å². The van der Waals surface area contributed by atoms with Crippen LogP contribution in [0.5, 0.6) is 0 Å². The number of hydrogen-bond acceptors (Lipinski definition) is 7. The van der Waals surface area contributed by atoms with Crippen molar-refractivity contribution in [3.8, 4) is 0 Å². The Kier molecular flexibility index (Phi) is 4.36. The maximum Gasteiger partial charge on any atom is 0.339 e. The lowest BCUT2D eigenvalue weighted by Crippen LogP contribution is -2.48. The molecule has 0 saturated carbocycles. The van der Waals surface area contributed by atoms with Crippen molar-refractivity contribution in [3.05, 3.63) is 35.4 Å². The Morgan fingerprint density at radius 1 is 1.43 bits per heavy atom. The number of thioether (sulfide) groups is 1. The first-order valence-corrected chi connectivity index (χ1v) is 8.91. The third-order valence-electron chi connectivity index (χ3n) is 3.46. The SMILES string of the molecule is CCSc1nnc(NC(=O)[C@]2(C)Cc3ccccc3C(=O)O2)s1. The lowest BCUT2D eigenvalue weighted by atomic mass is 9.89. The molecule has 6 nitrogen and oxygen atoms in total. The molecule has 2 heterocycles. The van der Waals surface area contributed by atoms with Gasteiger partial charge >= 0.3 is 5.97 Å². The Labute approximate surface area is 141 Å². The first-order valence-electron chi connectivity index (χ1n) is 7.11. The molecular formula is C15H15N3O3S2. The van der Waals surface area contributed by atoms with Crippen LogP contribution in [0.15, 0.2) is 28.6 Å². The minimum atomic E-state index is -1.25. The molecule has 0 radical (unpaired) electrons. The fourth-order valence-electron chi connectivity index (χ4n) is 2.33. The smallest absolute Gasteiger partial charge is 0.339 e. The second-order valence-electron chi connectivity index (χ2n) is 5.21. The molecule has 1 aliphatic heterocycles. The predicted molar refractivity (Wildman–Crippen MR) is 88.9 cm³/mol. The lowest BCUT2D eigenvalue weighted by molar-refractivity contribution is -0.134. The number of cyclic esters (lactones) is 1. The molecule has 1 amide bonds. The van der Waals surface area contributed by atoms with Crippen molar-refractivity contribution < 1.29 is 14.3 Å². The zero-order chi connectivity index (χ0) is 16.4. The van der Waals surface area contributed by atoms with Crippen LogP contribution in [0.1, 0.15) is 29.8 Å². The number of esters is 1. The summed E-state index contributed by atoms with van der Waals surface area (Å²) in [5.74, 6) is 0.00264. The van der Waals surface area contributed by atoms with E-state index in [2.05, 4.69) is 15.5 Å². The van der Waals surface area contributed by atoms with Crippen LogP contribution in [-0.4, -0.2) is 33.4 Å². The first kappa shape index (κ1) is 15.9. The van der Waals surface area contributed by atoms with Gasteiger partial charge in [-0.2, -0.15) is 0 Å². The fourth-order valence-corrected chi connectivity index (χ4v) is 3.97. The Bertz CT molecular complexity index is 762. The molecule has 1 aromatic heterocycles. The van der Waals surface area contributed by atoms with Crippen LogP contribution in [0, 0.1) is 0 Å². The number of fused-ring (bicyclic) bond motifs is 1. The normalized spacial score (nSPS) is 19.8. The van der Waals surface area contributed by atoms with Gasteiger partial charge < -0.3 is 4.74 Å². The average molecular weight is 349 g/mol. The molecule has 1 N–H and O–H groups in total. The van der Waals surface area contributed by atoms with E-state index in [0.717, 1.165) is 15.7 Å². The number of aromatic nitrogens is 2. The van der Waals surface area contributed by atoms with E-state index in [1.165, 1.54) is 11.3 Å². The molecule has 0 unspecified atom stereocenters. The second-order valence-corrected chi connectivity index (χ2v) is 7.70. The van der Waals surface area contributed by atoms with Gasteiger partial charge in [0.05, 0.1) is 5.56 Å². The number of anilines is 1. The molecule has 1 aromatic carbocycles. The number of amides is 1. The van der Waals surface area contributed by atoms with Gasteiger partial charge in [0.25, 0.3) is 5.91 Å². The minimum Gasteiger partial charge on any atom is -0.445 e. The summed E-state index contributed by atoms with van der Waals surface area (Å²) in [4.78, 5) is 24.7. The predicted octanol–water partition coefficient (Wildman–Crippen LogP) is 2.76. The van der Waals surface area contributed by atoms with E-state index in [4.69, 9.17) is 4.74 Å². The van der Waals surface area contributed by atoms with E-state index in [-0.39, 0.29) is 0 Å². The number of nitrogens with one attached hydrogen (secondary N) is 1. The number of nitrogens with zero attached hydrogens (tertiary/aromatic N) is 2. The van der Waals surface area contributed by atoms with E-state index in [1.54, 1.807) is 30.8 Å². The van der Waals surface area contributed by atoms with E-state index in [0.29, 0.717) is 17.1 Å². The van der Waals surface area contributed by atoms with Gasteiger partial charge in [-0.3, -0.25) is 10.1 Å². The summed E-state index contributed by atoms with van der Waals surface area (Å²) < 4.78 is 6.18. The second kappa shape index (κ2) is 6.29. The van der Waals surface area contributed by atoms with Gasteiger partial charge in [-0.05, 0) is 24.3 Å². The fraction of sp³-hybridized carbons (Fsp3) is 0.333. The summed E-state index contributed by atoms with van der Waals surface area (Å²) in [7, 11) is 0. The van der Waals surface area contributed by atoms with Crippen LogP contribution in [0.3, 0.4) is 0 Å². The van der Waals surface area contributed by atoms with Crippen LogP contribution in [0.4, 0.5) is 5.13 Å². The summed E-state index contributed by atoms with van der Waals surface area (Å²) >= 11 is 2.86. The van der Waals surface area contributed by atoms with E-state index >= 15 is 0 Å². The highest BCUT2D eigenvalue weighted by atomic mass is 32.2. The van der Waals surface area contributed by atoms with E-state index in [9.17, 15) is 9.59 Å². The average Bonchev–Trinajstić information content (AvgIpc) is 2.95. The molecule has 1 atom stereocenters. The van der Waals surface area contributed by atoms with E-state index in [1.807, 2.05) is 19.1 Å². The molecule has 23 heavy (non-hydrogen) atoms. The largest absolute Gasteiger partial charge is 0.445 e. The monoisotopic (exact) mass is 349 g/mol. The van der Waals surface area contributed by atoms with Gasteiger partial charge in [-0.25, -0.2) is 4.79 Å². The first-order chi connectivity index (χ1) is 11.0. The van der Waals surface area contributed by atoms with Crippen molar-refractivity contribution in [2.45, 2.75) is 30.2 Å². The molecule has 3 rings (SSSR count). The maximum atomic E-state index is 12.6. The maximum absolute atomic E-state index is 12.6. The molecular weight excluding hydrogens is 334 g/mol. The Hall–Kier alpha value is -1.93. The van der Waals surface area contributed by atoms with Crippen LogP contribution >= 0.6 is 23.1 Å². The number of rotatable bonds is 4. The number of carbonyl (C=O) groups is 2. The molecule has 8 heteroatoms. The van der Waals surface area contributed by atoms with Crippen molar-refractivity contribution in [1.82, 2.24) is 10.2 Å². The summed E-state index contributed by atoms with van der Waals surface area (Å²) in [6.07, 6.45) is 0.329. The van der Waals surface area contributed by atoms with Gasteiger partial charge in [0, 0.05) is 6.42 Å². The molecule has 0 fully saturated rings. The topological polar surface area (TPSA) is 81.2 Å². The summed E-state index contributed by atoms with van der Waals surface area (Å²) in [5.41, 5.74) is 0.0611. The van der Waals surface area contributed by atoms with E-state index < -0.39 is 17.5 Å². The zero-order valence-electron chi connectivity index (χ0n) is 12.7. The molecule has 1 aliphatic rings. The number of benzene rings is 1. The highest BCUT2D eigenvalue weighted by Crippen LogP contribution is 2.30. The van der Waals surface area contributed by atoms with Crippen molar-refractivity contribution in [2.24, 2.45) is 0 Å². The quantitative estimate of drug-likeness (QED) is 0.519. The molecule has 0 aliphatic carbocycles. The summed E-state index contributed by atoms with van der Waals surface area (Å²) in [6.45, 7) is 3.63. The third-order valence-corrected chi connectivity index (χ3v) is 5.31. The number of ether oxygens (including phenoxy) is 1. The third kappa shape index (κ3) is 3.23. The molecule has 0 spiro atoms. The highest BCUT2D eigenvalue weighted by molar-refractivity contribution is 8.01. The van der Waals surface area contributed by atoms with Crippen molar-refractivity contribution >= 4 is 40.1 Å². The molecule has 2 aromatic rings. The molecule has 120 valence electrons. The van der Waals surface area contributed by atoms with Gasteiger partial charge in [0.1, 0.15) is 0 Å². The van der Waals surface area contributed by atoms with Gasteiger partial charge in [-0.1, -0.05) is 48.2 Å². The molecule has 0 bridgehead atoms. The number of hydrogen-bond donors (Lipinski definition) is 1. The van der Waals surface area contributed by atoms with Crippen LogP contribution < -0.4 is 5.32 Å². The Morgan fingerprint density at radius 3 is 3.00 bits per heavy atom. The Morgan fingerprint density at radius 2 is 2.22 bits per heavy atom. The molecule has 0 saturated heterocycles. The van der Waals surface area contributed by atoms with Crippen molar-refractivity contribution in [3.63, 3.8) is 0 Å².